The Hall–Kier alpha value is -2.38. The summed E-state index contributed by atoms with van der Waals surface area (Å²) in [7, 11) is -2.84. The Bertz CT molecular complexity index is 866. The molecule has 0 saturated carbocycles. The molecule has 1 saturated heterocycles. The van der Waals surface area contributed by atoms with Crippen LogP contribution >= 0.6 is 0 Å². The summed E-state index contributed by atoms with van der Waals surface area (Å²) in [4.78, 5) is 6.88. The van der Waals surface area contributed by atoms with E-state index in [1.165, 1.54) is 5.56 Å². The van der Waals surface area contributed by atoms with Crippen molar-refractivity contribution in [2.24, 2.45) is 4.99 Å². The highest BCUT2D eigenvalue weighted by Gasteiger charge is 2.20. The van der Waals surface area contributed by atoms with Crippen LogP contribution in [0.2, 0.25) is 0 Å². The van der Waals surface area contributed by atoms with Crippen molar-refractivity contribution in [1.29, 1.82) is 0 Å². The number of nitrogens with zero attached hydrogens (tertiary/aromatic N) is 2. The average molecular weight is 401 g/mol. The van der Waals surface area contributed by atoms with Gasteiger partial charge in [0.25, 0.3) is 0 Å². The standard InChI is InChI=1S/C21H28N4O2S/c1-18-7-9-19(10-8-18)17-23-21(24-20-5-3-2-4-6-20)22-11-12-25-13-15-28(26,27)16-14-25/h2-10H,11-17H2,1H3,(H2,22,23,24). The van der Waals surface area contributed by atoms with Crippen molar-refractivity contribution in [2.45, 2.75) is 13.5 Å². The zero-order valence-corrected chi connectivity index (χ0v) is 17.1. The van der Waals surface area contributed by atoms with Gasteiger partial charge < -0.3 is 10.6 Å². The fourth-order valence-corrected chi connectivity index (χ4v) is 4.24. The maximum Gasteiger partial charge on any atom is 0.196 e. The van der Waals surface area contributed by atoms with Gasteiger partial charge >= 0.3 is 0 Å². The molecule has 0 bridgehead atoms. The lowest BCUT2D eigenvalue weighted by Gasteiger charge is -2.26. The zero-order valence-electron chi connectivity index (χ0n) is 16.3. The van der Waals surface area contributed by atoms with E-state index in [9.17, 15) is 8.42 Å². The summed E-state index contributed by atoms with van der Waals surface area (Å²) in [6, 6.07) is 18.3. The molecule has 2 aromatic rings. The van der Waals surface area contributed by atoms with Crippen LogP contribution in [0, 0.1) is 6.92 Å². The van der Waals surface area contributed by atoms with Crippen LogP contribution in [0.1, 0.15) is 11.1 Å². The van der Waals surface area contributed by atoms with E-state index in [0.29, 0.717) is 26.2 Å². The largest absolute Gasteiger partial charge is 0.355 e. The predicted molar refractivity (Wildman–Crippen MR) is 115 cm³/mol. The van der Waals surface area contributed by atoms with Crippen LogP contribution in [-0.4, -0.2) is 57.0 Å². The Balaban J connectivity index is 1.57. The first-order valence-corrected chi connectivity index (χ1v) is 11.4. The normalized spacial score (nSPS) is 17.2. The fourth-order valence-electron chi connectivity index (χ4n) is 2.97. The van der Waals surface area contributed by atoms with E-state index in [0.717, 1.165) is 23.8 Å². The molecule has 0 spiro atoms. The first-order chi connectivity index (χ1) is 13.5. The lowest BCUT2D eigenvalue weighted by atomic mass is 10.1. The third-order valence-corrected chi connectivity index (χ3v) is 6.34. The van der Waals surface area contributed by atoms with Gasteiger partial charge in [0, 0.05) is 31.9 Å². The van der Waals surface area contributed by atoms with Crippen molar-refractivity contribution in [1.82, 2.24) is 10.2 Å². The van der Waals surface area contributed by atoms with Gasteiger partial charge in [-0.2, -0.15) is 0 Å². The van der Waals surface area contributed by atoms with E-state index in [1.807, 2.05) is 30.3 Å². The Kier molecular flexibility index (Phi) is 7.06. The second kappa shape index (κ2) is 9.71. The Morgan fingerprint density at radius 1 is 1.04 bits per heavy atom. The molecule has 7 heteroatoms. The number of sulfone groups is 1. The predicted octanol–water partition coefficient (Wildman–Crippen LogP) is 2.28. The Labute approximate surface area is 167 Å². The molecule has 28 heavy (non-hydrogen) atoms. The number of benzene rings is 2. The summed E-state index contributed by atoms with van der Waals surface area (Å²) >= 11 is 0. The number of para-hydroxylation sites is 1. The van der Waals surface area contributed by atoms with E-state index >= 15 is 0 Å². The van der Waals surface area contributed by atoms with Crippen molar-refractivity contribution < 1.29 is 8.42 Å². The maximum absolute atomic E-state index is 11.6. The molecule has 1 aliphatic rings. The molecule has 2 aromatic carbocycles. The van der Waals surface area contributed by atoms with Gasteiger partial charge in [0.1, 0.15) is 0 Å². The number of aryl methyl sites for hydroxylation is 1. The van der Waals surface area contributed by atoms with Gasteiger partial charge in [-0.1, -0.05) is 48.0 Å². The second-order valence-corrected chi connectivity index (χ2v) is 9.37. The van der Waals surface area contributed by atoms with Crippen molar-refractivity contribution >= 4 is 21.5 Å². The van der Waals surface area contributed by atoms with Crippen molar-refractivity contribution in [3.05, 3.63) is 65.7 Å². The summed E-state index contributed by atoms with van der Waals surface area (Å²) in [5.41, 5.74) is 3.36. The van der Waals surface area contributed by atoms with Crippen molar-refractivity contribution in [3.8, 4) is 0 Å². The lowest BCUT2D eigenvalue weighted by Crippen LogP contribution is -2.44. The third-order valence-electron chi connectivity index (χ3n) is 4.73. The van der Waals surface area contributed by atoms with Gasteiger partial charge in [-0.25, -0.2) is 13.4 Å². The summed E-state index contributed by atoms with van der Waals surface area (Å²) in [5, 5.41) is 6.70. The molecule has 6 nitrogen and oxygen atoms in total. The molecular formula is C21H28N4O2S. The van der Waals surface area contributed by atoms with Gasteiger partial charge in [0.05, 0.1) is 18.1 Å². The minimum atomic E-state index is -2.84. The van der Waals surface area contributed by atoms with Crippen LogP contribution in [0.3, 0.4) is 0 Å². The number of hydrogen-bond donors (Lipinski definition) is 2. The van der Waals surface area contributed by atoms with Gasteiger partial charge in [0.2, 0.25) is 0 Å². The number of hydrogen-bond acceptors (Lipinski definition) is 4. The minimum absolute atomic E-state index is 0.254. The summed E-state index contributed by atoms with van der Waals surface area (Å²) in [6.07, 6.45) is 0. The highest BCUT2D eigenvalue weighted by atomic mass is 32.2. The highest BCUT2D eigenvalue weighted by molar-refractivity contribution is 7.91. The molecule has 2 N–H and O–H groups in total. The first-order valence-electron chi connectivity index (χ1n) is 9.59. The van der Waals surface area contributed by atoms with Gasteiger partial charge in [-0.3, -0.25) is 4.90 Å². The maximum atomic E-state index is 11.6. The quantitative estimate of drug-likeness (QED) is 0.575. The summed E-state index contributed by atoms with van der Waals surface area (Å²) in [5.74, 6) is 1.23. The number of aliphatic imine (C=N–C) groups is 1. The van der Waals surface area contributed by atoms with Crippen LogP contribution < -0.4 is 10.6 Å². The zero-order chi connectivity index (χ0) is 19.8. The van der Waals surface area contributed by atoms with E-state index in [1.54, 1.807) is 0 Å². The molecule has 0 aromatic heterocycles. The smallest absolute Gasteiger partial charge is 0.196 e. The van der Waals surface area contributed by atoms with Crippen molar-refractivity contribution in [2.75, 3.05) is 43.0 Å². The molecule has 3 rings (SSSR count). The SMILES string of the molecule is Cc1ccc(CN=C(NCCN2CCS(=O)(=O)CC2)Nc2ccccc2)cc1. The summed E-state index contributed by atoms with van der Waals surface area (Å²) < 4.78 is 23.1. The average Bonchev–Trinajstić information content (AvgIpc) is 2.69. The molecule has 0 radical (unpaired) electrons. The molecule has 150 valence electrons. The van der Waals surface area contributed by atoms with Crippen molar-refractivity contribution in [3.63, 3.8) is 0 Å². The Morgan fingerprint density at radius 3 is 2.39 bits per heavy atom. The van der Waals surface area contributed by atoms with Gasteiger partial charge in [0.15, 0.2) is 15.8 Å². The molecule has 0 atom stereocenters. The molecule has 0 amide bonds. The molecule has 1 fully saturated rings. The lowest BCUT2D eigenvalue weighted by molar-refractivity contribution is 0.300. The summed E-state index contributed by atoms with van der Waals surface area (Å²) in [6.45, 7) is 5.35. The van der Waals surface area contributed by atoms with E-state index in [2.05, 4.69) is 46.7 Å². The monoisotopic (exact) mass is 400 g/mol. The highest BCUT2D eigenvalue weighted by Crippen LogP contribution is 2.07. The van der Waals surface area contributed by atoms with Crippen LogP contribution in [0.25, 0.3) is 0 Å². The third kappa shape index (κ3) is 6.65. The van der Waals surface area contributed by atoms with E-state index in [-0.39, 0.29) is 11.5 Å². The van der Waals surface area contributed by atoms with Crippen LogP contribution in [0.5, 0.6) is 0 Å². The second-order valence-electron chi connectivity index (χ2n) is 7.06. The fraction of sp³-hybridized carbons (Fsp3) is 0.381. The molecule has 0 unspecified atom stereocenters. The van der Waals surface area contributed by atoms with E-state index in [4.69, 9.17) is 4.99 Å². The van der Waals surface area contributed by atoms with Crippen LogP contribution in [0.4, 0.5) is 5.69 Å². The first kappa shape index (κ1) is 20.4. The number of guanidine groups is 1. The molecule has 1 aliphatic heterocycles. The van der Waals surface area contributed by atoms with Crippen LogP contribution in [0.15, 0.2) is 59.6 Å². The number of nitrogens with one attached hydrogen (secondary N) is 2. The van der Waals surface area contributed by atoms with Crippen LogP contribution in [-0.2, 0) is 16.4 Å². The van der Waals surface area contributed by atoms with E-state index < -0.39 is 9.84 Å². The number of anilines is 1. The van der Waals surface area contributed by atoms with Gasteiger partial charge in [-0.05, 0) is 24.6 Å². The molecule has 1 heterocycles. The minimum Gasteiger partial charge on any atom is -0.355 e. The number of rotatable bonds is 6. The molecule has 0 aliphatic carbocycles. The Morgan fingerprint density at radius 2 is 1.71 bits per heavy atom. The van der Waals surface area contributed by atoms with Gasteiger partial charge in [-0.15, -0.1) is 0 Å². The topological polar surface area (TPSA) is 73.8 Å². The molecular weight excluding hydrogens is 372 g/mol.